The fourth-order valence-electron chi connectivity index (χ4n) is 5.90. The first kappa shape index (κ1) is 13.1. The van der Waals surface area contributed by atoms with Crippen LogP contribution >= 0.6 is 0 Å². The zero-order chi connectivity index (χ0) is 13.9. The number of hydrogen-bond donors (Lipinski definition) is 1. The van der Waals surface area contributed by atoms with Crippen LogP contribution in [0, 0.1) is 29.6 Å². The second-order valence-corrected chi connectivity index (χ2v) is 8.44. The highest BCUT2D eigenvalue weighted by Crippen LogP contribution is 2.57. The van der Waals surface area contributed by atoms with E-state index in [1.165, 1.54) is 32.1 Å². The fraction of sp³-hybridized carbons (Fsp3) is 0.941. The smallest absolute Gasteiger partial charge is 0.226 e. The second kappa shape index (κ2) is 4.46. The minimum Gasteiger partial charge on any atom is -0.335 e. The third kappa shape index (κ3) is 1.93. The van der Waals surface area contributed by atoms with Crippen LogP contribution in [-0.2, 0) is 4.79 Å². The molecule has 0 unspecified atom stereocenters. The molecule has 5 fully saturated rings. The molecule has 0 atom stereocenters. The Kier molecular flexibility index (Phi) is 2.93. The largest absolute Gasteiger partial charge is 0.335 e. The van der Waals surface area contributed by atoms with Crippen LogP contribution in [0.2, 0.25) is 0 Å². The van der Waals surface area contributed by atoms with E-state index in [0.717, 1.165) is 31.5 Å². The normalized spacial score (nSPS) is 45.7. The maximum absolute atomic E-state index is 13.2. The molecule has 4 aliphatic carbocycles. The Labute approximate surface area is 122 Å². The number of carbonyl (C=O) groups is 1. The molecule has 4 bridgehead atoms. The van der Waals surface area contributed by atoms with Crippen LogP contribution in [0.25, 0.3) is 0 Å². The summed E-state index contributed by atoms with van der Waals surface area (Å²) >= 11 is 0. The highest BCUT2D eigenvalue weighted by atomic mass is 16.2. The molecule has 0 spiro atoms. The van der Waals surface area contributed by atoms with Gasteiger partial charge in [-0.15, -0.1) is 0 Å². The van der Waals surface area contributed by atoms with Crippen molar-refractivity contribution in [2.24, 2.45) is 29.6 Å². The van der Waals surface area contributed by atoms with Gasteiger partial charge in [0.1, 0.15) is 0 Å². The van der Waals surface area contributed by atoms with E-state index < -0.39 is 0 Å². The lowest BCUT2D eigenvalue weighted by Gasteiger charge is -2.56. The van der Waals surface area contributed by atoms with Gasteiger partial charge in [0.15, 0.2) is 0 Å². The van der Waals surface area contributed by atoms with Gasteiger partial charge in [-0.25, -0.2) is 0 Å². The number of piperazine rings is 1. The molecule has 5 aliphatic rings. The average molecular weight is 276 g/mol. The van der Waals surface area contributed by atoms with Gasteiger partial charge in [0.2, 0.25) is 5.91 Å². The fourth-order valence-corrected chi connectivity index (χ4v) is 5.90. The van der Waals surface area contributed by atoms with E-state index in [9.17, 15) is 4.79 Å². The third-order valence-electron chi connectivity index (χ3n) is 6.58. The van der Waals surface area contributed by atoms with Crippen LogP contribution in [0.1, 0.15) is 46.0 Å². The van der Waals surface area contributed by atoms with Gasteiger partial charge in [-0.05, 0) is 69.6 Å². The predicted octanol–water partition coefficient (Wildman–Crippen LogP) is 2.27. The van der Waals surface area contributed by atoms with Crippen LogP contribution in [-0.4, -0.2) is 36.0 Å². The van der Waals surface area contributed by atoms with Crippen molar-refractivity contribution in [3.63, 3.8) is 0 Å². The summed E-state index contributed by atoms with van der Waals surface area (Å²) in [5.74, 6) is 4.19. The van der Waals surface area contributed by atoms with Crippen molar-refractivity contribution in [1.29, 1.82) is 0 Å². The highest BCUT2D eigenvalue weighted by Gasteiger charge is 2.52. The maximum atomic E-state index is 13.2. The molecule has 1 heterocycles. The number of nitrogens with one attached hydrogen (secondary N) is 1. The summed E-state index contributed by atoms with van der Waals surface area (Å²) in [6, 6.07) is 0. The monoisotopic (exact) mass is 276 g/mol. The Bertz CT molecular complexity index is 389. The van der Waals surface area contributed by atoms with E-state index in [1.54, 1.807) is 0 Å². The zero-order valence-corrected chi connectivity index (χ0v) is 12.9. The molecule has 4 saturated carbocycles. The first-order chi connectivity index (χ1) is 9.54. The summed E-state index contributed by atoms with van der Waals surface area (Å²) in [5, 5.41) is 3.43. The van der Waals surface area contributed by atoms with E-state index in [-0.39, 0.29) is 5.54 Å². The lowest BCUT2D eigenvalue weighted by molar-refractivity contribution is -0.155. The van der Waals surface area contributed by atoms with Gasteiger partial charge in [0.05, 0.1) is 0 Å². The van der Waals surface area contributed by atoms with E-state index in [1.807, 2.05) is 0 Å². The van der Waals surface area contributed by atoms with Crippen LogP contribution in [0.5, 0.6) is 0 Å². The number of hydrogen-bond acceptors (Lipinski definition) is 2. The minimum absolute atomic E-state index is 0.00992. The standard InChI is InChI=1S/C17H28N2O/c1-17(2)10-18-3-4-19(17)16(20)15-13-6-11-5-12(8-13)9-14(15)7-11/h11-15,18H,3-10H2,1-2H3. The molecule has 1 saturated heterocycles. The van der Waals surface area contributed by atoms with Gasteiger partial charge < -0.3 is 10.2 Å². The zero-order valence-electron chi connectivity index (χ0n) is 12.9. The molecule has 1 amide bonds. The van der Waals surface area contributed by atoms with Crippen molar-refractivity contribution < 1.29 is 4.79 Å². The number of carbonyl (C=O) groups excluding carboxylic acids is 1. The first-order valence-electron chi connectivity index (χ1n) is 8.57. The van der Waals surface area contributed by atoms with Gasteiger partial charge in [0, 0.05) is 31.1 Å². The van der Waals surface area contributed by atoms with Gasteiger partial charge >= 0.3 is 0 Å². The SMILES string of the molecule is CC1(C)CNCCN1C(=O)C1C2CC3CC(C2)CC1C3. The van der Waals surface area contributed by atoms with Crippen molar-refractivity contribution in [3.8, 4) is 0 Å². The topological polar surface area (TPSA) is 32.3 Å². The molecule has 3 nitrogen and oxygen atoms in total. The maximum Gasteiger partial charge on any atom is 0.226 e. The third-order valence-corrected chi connectivity index (χ3v) is 6.58. The van der Waals surface area contributed by atoms with Crippen molar-refractivity contribution in [2.75, 3.05) is 19.6 Å². The molecule has 20 heavy (non-hydrogen) atoms. The molecule has 112 valence electrons. The first-order valence-corrected chi connectivity index (χ1v) is 8.57. The Morgan fingerprint density at radius 2 is 1.65 bits per heavy atom. The van der Waals surface area contributed by atoms with Crippen molar-refractivity contribution >= 4 is 5.91 Å². The van der Waals surface area contributed by atoms with Gasteiger partial charge in [-0.2, -0.15) is 0 Å². The number of amides is 1. The molecule has 0 aromatic carbocycles. The van der Waals surface area contributed by atoms with Gasteiger partial charge in [-0.1, -0.05) is 0 Å². The van der Waals surface area contributed by atoms with Crippen LogP contribution in [0.4, 0.5) is 0 Å². The number of rotatable bonds is 1. The van der Waals surface area contributed by atoms with Gasteiger partial charge in [-0.3, -0.25) is 4.79 Å². The molecular weight excluding hydrogens is 248 g/mol. The Morgan fingerprint density at radius 1 is 1.05 bits per heavy atom. The summed E-state index contributed by atoms with van der Waals surface area (Å²) in [6.45, 7) is 7.23. The molecule has 5 rings (SSSR count). The Balaban J connectivity index is 1.56. The molecule has 1 N–H and O–H groups in total. The van der Waals surface area contributed by atoms with Crippen molar-refractivity contribution in [1.82, 2.24) is 10.2 Å². The van der Waals surface area contributed by atoms with E-state index in [2.05, 4.69) is 24.1 Å². The lowest BCUT2D eigenvalue weighted by atomic mass is 9.51. The lowest BCUT2D eigenvalue weighted by Crippen LogP contribution is -2.63. The second-order valence-electron chi connectivity index (χ2n) is 8.44. The Hall–Kier alpha value is -0.570. The van der Waals surface area contributed by atoms with Crippen molar-refractivity contribution in [2.45, 2.75) is 51.5 Å². The molecule has 0 aromatic heterocycles. The van der Waals surface area contributed by atoms with Crippen LogP contribution in [0.15, 0.2) is 0 Å². The highest BCUT2D eigenvalue weighted by molar-refractivity contribution is 5.80. The molecule has 3 heteroatoms. The predicted molar refractivity (Wildman–Crippen MR) is 79.2 cm³/mol. The Morgan fingerprint density at radius 3 is 2.20 bits per heavy atom. The average Bonchev–Trinajstić information content (AvgIpc) is 2.36. The van der Waals surface area contributed by atoms with E-state index in [4.69, 9.17) is 0 Å². The van der Waals surface area contributed by atoms with E-state index in [0.29, 0.717) is 23.7 Å². The molecule has 1 aliphatic heterocycles. The van der Waals surface area contributed by atoms with Crippen LogP contribution < -0.4 is 5.32 Å². The minimum atomic E-state index is -0.00992. The summed E-state index contributed by atoms with van der Waals surface area (Å²) in [4.78, 5) is 15.4. The quantitative estimate of drug-likeness (QED) is 0.797. The summed E-state index contributed by atoms with van der Waals surface area (Å²) in [5.41, 5.74) is -0.00992. The molecule has 0 aromatic rings. The molecule has 0 radical (unpaired) electrons. The van der Waals surface area contributed by atoms with Gasteiger partial charge in [0.25, 0.3) is 0 Å². The number of nitrogens with zero attached hydrogens (tertiary/aromatic N) is 1. The van der Waals surface area contributed by atoms with E-state index >= 15 is 0 Å². The summed E-state index contributed by atoms with van der Waals surface area (Å²) in [6.07, 6.45) is 6.84. The van der Waals surface area contributed by atoms with Crippen molar-refractivity contribution in [3.05, 3.63) is 0 Å². The summed E-state index contributed by atoms with van der Waals surface area (Å²) < 4.78 is 0. The molecular formula is C17H28N2O. The van der Waals surface area contributed by atoms with Crippen LogP contribution in [0.3, 0.4) is 0 Å². The summed E-state index contributed by atoms with van der Waals surface area (Å²) in [7, 11) is 0.